The zero-order valence-corrected chi connectivity index (χ0v) is 14.8. The molecule has 4 nitrogen and oxygen atoms in total. The quantitative estimate of drug-likeness (QED) is 0.249. The second-order valence-electron chi connectivity index (χ2n) is 5.52. The molecule has 0 aliphatic heterocycles. The molecule has 0 bridgehead atoms. The number of carbonyl (C=O) groups excluding carboxylic acids is 2. The predicted octanol–water partition coefficient (Wildman–Crippen LogP) is 3.46. The second-order valence-corrected chi connectivity index (χ2v) is 6.87. The van der Waals surface area contributed by atoms with Crippen molar-refractivity contribution in [2.24, 2.45) is 11.3 Å². The summed E-state index contributed by atoms with van der Waals surface area (Å²) in [6.45, 7) is 4.09. The lowest BCUT2D eigenvalue weighted by Crippen LogP contribution is -2.39. The standard InChI is InChI=1S/C17H19IO4/c1-11-9-17(15(19)21-2,16(20)22-3)10-13(11)14(18)12-7-5-4-6-8-12/h4-8,13-14H,1,9-10H2,2-3H3/t13-,14-/m1/s1. The molecule has 5 heteroatoms. The molecule has 1 fully saturated rings. The average molecular weight is 414 g/mol. The van der Waals surface area contributed by atoms with E-state index in [1.54, 1.807) is 0 Å². The Hall–Kier alpha value is -1.37. The number of carbonyl (C=O) groups is 2. The highest BCUT2D eigenvalue weighted by Crippen LogP contribution is 2.53. The van der Waals surface area contributed by atoms with E-state index < -0.39 is 17.4 Å². The summed E-state index contributed by atoms with van der Waals surface area (Å²) in [4.78, 5) is 24.4. The lowest BCUT2D eigenvalue weighted by molar-refractivity contribution is -0.168. The van der Waals surface area contributed by atoms with Crippen molar-refractivity contribution < 1.29 is 19.1 Å². The van der Waals surface area contributed by atoms with E-state index in [0.717, 1.165) is 11.1 Å². The van der Waals surface area contributed by atoms with Gasteiger partial charge in [-0.3, -0.25) is 9.59 Å². The van der Waals surface area contributed by atoms with Gasteiger partial charge in [-0.05, 0) is 24.3 Å². The number of hydrogen-bond acceptors (Lipinski definition) is 4. The minimum atomic E-state index is -1.26. The third-order valence-corrected chi connectivity index (χ3v) is 5.83. The van der Waals surface area contributed by atoms with Crippen molar-refractivity contribution in [3.8, 4) is 0 Å². The van der Waals surface area contributed by atoms with Crippen LogP contribution in [0, 0.1) is 11.3 Å². The predicted molar refractivity (Wildman–Crippen MR) is 91.5 cm³/mol. The lowest BCUT2D eigenvalue weighted by atomic mass is 9.84. The molecule has 2 rings (SSSR count). The Morgan fingerprint density at radius 2 is 1.77 bits per heavy atom. The van der Waals surface area contributed by atoms with Crippen LogP contribution in [0.2, 0.25) is 0 Å². The van der Waals surface area contributed by atoms with Gasteiger partial charge >= 0.3 is 11.9 Å². The van der Waals surface area contributed by atoms with Crippen molar-refractivity contribution in [1.82, 2.24) is 0 Å². The van der Waals surface area contributed by atoms with Gasteiger partial charge in [0.15, 0.2) is 5.41 Å². The molecule has 0 amide bonds. The fraction of sp³-hybridized carbons (Fsp3) is 0.412. The van der Waals surface area contributed by atoms with Crippen LogP contribution in [0.5, 0.6) is 0 Å². The summed E-state index contributed by atoms with van der Waals surface area (Å²) in [6.07, 6.45) is 0.650. The number of hydrogen-bond donors (Lipinski definition) is 0. The van der Waals surface area contributed by atoms with Gasteiger partial charge in [0.25, 0.3) is 0 Å². The zero-order chi connectivity index (χ0) is 16.3. The molecule has 0 aromatic heterocycles. The molecule has 2 atom stereocenters. The molecule has 118 valence electrons. The third-order valence-electron chi connectivity index (χ3n) is 4.25. The molecular formula is C17H19IO4. The summed E-state index contributed by atoms with van der Waals surface area (Å²) in [7, 11) is 2.59. The van der Waals surface area contributed by atoms with Gasteiger partial charge in [-0.2, -0.15) is 0 Å². The zero-order valence-electron chi connectivity index (χ0n) is 12.7. The van der Waals surface area contributed by atoms with E-state index in [9.17, 15) is 9.59 Å². The van der Waals surface area contributed by atoms with Crippen LogP contribution < -0.4 is 0 Å². The molecule has 1 aromatic carbocycles. The van der Waals surface area contributed by atoms with Crippen LogP contribution in [-0.2, 0) is 19.1 Å². The van der Waals surface area contributed by atoms with E-state index in [4.69, 9.17) is 9.47 Å². The van der Waals surface area contributed by atoms with Gasteiger partial charge < -0.3 is 9.47 Å². The molecule has 0 radical (unpaired) electrons. The topological polar surface area (TPSA) is 52.6 Å². The summed E-state index contributed by atoms with van der Waals surface area (Å²) < 4.78 is 9.86. The Bertz CT molecular complexity index is 566. The summed E-state index contributed by atoms with van der Waals surface area (Å²) in [6, 6.07) is 10.0. The summed E-state index contributed by atoms with van der Waals surface area (Å²) in [5.74, 6) is -1.06. The largest absolute Gasteiger partial charge is 0.468 e. The van der Waals surface area contributed by atoms with Gasteiger partial charge in [-0.25, -0.2) is 0 Å². The maximum absolute atomic E-state index is 12.2. The first kappa shape index (κ1) is 17.0. The molecule has 1 aliphatic carbocycles. The lowest BCUT2D eigenvalue weighted by Gasteiger charge is -2.24. The first-order valence-electron chi connectivity index (χ1n) is 7.00. The SMILES string of the molecule is C=C1CC(C(=O)OC)(C(=O)OC)C[C@H]1[C@H](I)c1ccccc1. The maximum Gasteiger partial charge on any atom is 0.323 e. The van der Waals surface area contributed by atoms with Crippen molar-refractivity contribution in [1.29, 1.82) is 0 Å². The number of rotatable bonds is 4. The third kappa shape index (κ3) is 2.91. The molecule has 0 unspecified atom stereocenters. The van der Waals surface area contributed by atoms with Crippen LogP contribution in [0.15, 0.2) is 42.5 Å². The maximum atomic E-state index is 12.2. The van der Waals surface area contributed by atoms with Crippen molar-refractivity contribution in [2.45, 2.75) is 16.8 Å². The molecule has 1 aromatic rings. The smallest absolute Gasteiger partial charge is 0.323 e. The Morgan fingerprint density at radius 1 is 1.23 bits per heavy atom. The first-order valence-corrected chi connectivity index (χ1v) is 8.24. The van der Waals surface area contributed by atoms with Crippen LogP contribution in [0.1, 0.15) is 22.3 Å². The normalized spacial score (nSPS) is 21.2. The number of alkyl halides is 1. The van der Waals surface area contributed by atoms with Gasteiger partial charge in [-0.1, -0.05) is 65.1 Å². The van der Waals surface area contributed by atoms with Crippen molar-refractivity contribution in [2.75, 3.05) is 14.2 Å². The molecule has 0 heterocycles. The number of halogens is 1. The van der Waals surface area contributed by atoms with Crippen molar-refractivity contribution in [3.05, 3.63) is 48.0 Å². The summed E-state index contributed by atoms with van der Waals surface area (Å²) in [5.41, 5.74) is 0.780. The monoisotopic (exact) mass is 414 g/mol. The minimum Gasteiger partial charge on any atom is -0.468 e. The molecular weight excluding hydrogens is 395 g/mol. The molecule has 0 spiro atoms. The summed E-state index contributed by atoms with van der Waals surface area (Å²) >= 11 is 2.35. The van der Waals surface area contributed by atoms with Crippen LogP contribution in [0.25, 0.3) is 0 Å². The van der Waals surface area contributed by atoms with Crippen molar-refractivity contribution >= 4 is 34.5 Å². The van der Waals surface area contributed by atoms with Crippen molar-refractivity contribution in [3.63, 3.8) is 0 Å². The highest BCUT2D eigenvalue weighted by molar-refractivity contribution is 14.1. The van der Waals surface area contributed by atoms with Gasteiger partial charge in [-0.15, -0.1) is 0 Å². The molecule has 1 aliphatic rings. The second kappa shape index (κ2) is 6.81. The van der Waals surface area contributed by atoms with E-state index in [-0.39, 0.29) is 16.3 Å². The Labute approximate surface area is 144 Å². The van der Waals surface area contributed by atoms with Crippen LogP contribution in [-0.4, -0.2) is 26.2 Å². The number of methoxy groups -OCH3 is 2. The highest BCUT2D eigenvalue weighted by atomic mass is 127. The fourth-order valence-corrected chi connectivity index (χ4v) is 4.25. The van der Waals surface area contributed by atoms with E-state index >= 15 is 0 Å². The Balaban J connectivity index is 2.32. The Kier molecular flexibility index (Phi) is 5.26. The van der Waals surface area contributed by atoms with Gasteiger partial charge in [0.1, 0.15) is 0 Å². The van der Waals surface area contributed by atoms with Gasteiger partial charge in [0, 0.05) is 3.92 Å². The fourth-order valence-electron chi connectivity index (χ4n) is 3.08. The summed E-state index contributed by atoms with van der Waals surface area (Å²) in [5, 5.41) is 0. The van der Waals surface area contributed by atoms with Crippen LogP contribution >= 0.6 is 22.6 Å². The highest BCUT2D eigenvalue weighted by Gasteiger charge is 2.56. The van der Waals surface area contributed by atoms with Crippen LogP contribution in [0.4, 0.5) is 0 Å². The van der Waals surface area contributed by atoms with E-state index in [0.29, 0.717) is 6.42 Å². The molecule has 22 heavy (non-hydrogen) atoms. The molecule has 0 N–H and O–H groups in total. The number of esters is 2. The van der Waals surface area contributed by atoms with Crippen LogP contribution in [0.3, 0.4) is 0 Å². The molecule has 0 saturated heterocycles. The van der Waals surface area contributed by atoms with E-state index in [2.05, 4.69) is 29.2 Å². The first-order chi connectivity index (χ1) is 10.5. The molecule has 1 saturated carbocycles. The van der Waals surface area contributed by atoms with Gasteiger partial charge in [0.05, 0.1) is 14.2 Å². The average Bonchev–Trinajstić information content (AvgIpc) is 2.92. The van der Waals surface area contributed by atoms with Gasteiger partial charge in [0.2, 0.25) is 0 Å². The number of benzene rings is 1. The number of ether oxygens (including phenoxy) is 2. The van der Waals surface area contributed by atoms with E-state index in [1.807, 2.05) is 30.3 Å². The minimum absolute atomic E-state index is 0.0289. The Morgan fingerprint density at radius 3 is 2.27 bits per heavy atom. The number of allylic oxidation sites excluding steroid dienone is 1. The van der Waals surface area contributed by atoms with E-state index in [1.165, 1.54) is 14.2 Å².